The van der Waals surface area contributed by atoms with Crippen LogP contribution in [0.25, 0.3) is 0 Å². The highest BCUT2D eigenvalue weighted by atomic mass is 79.9. The number of nitrogens with zero attached hydrogens (tertiary/aromatic N) is 1. The highest BCUT2D eigenvalue weighted by Gasteiger charge is 2.20. The average Bonchev–Trinajstić information content (AvgIpc) is 2.48. The lowest BCUT2D eigenvalue weighted by Gasteiger charge is -2.26. The average molecular weight is 345 g/mol. The molecule has 0 saturated carbocycles. The van der Waals surface area contributed by atoms with Gasteiger partial charge < -0.3 is 10.2 Å². The van der Waals surface area contributed by atoms with E-state index in [-0.39, 0.29) is 10.9 Å². The normalized spacial score (nSPS) is 15.4. The zero-order valence-electron chi connectivity index (χ0n) is 12.1. The topological polar surface area (TPSA) is 32.3 Å². The summed E-state index contributed by atoms with van der Waals surface area (Å²) in [4.78, 5) is 13.5. The minimum Gasteiger partial charge on any atom is -0.323 e. The number of amides is 2. The third kappa shape index (κ3) is 2.81. The van der Waals surface area contributed by atoms with Gasteiger partial charge in [-0.05, 0) is 29.7 Å². The largest absolute Gasteiger partial charge is 0.323 e. The van der Waals surface area contributed by atoms with Crippen molar-refractivity contribution in [2.24, 2.45) is 0 Å². The summed E-state index contributed by atoms with van der Waals surface area (Å²) in [6.07, 6.45) is 0. The number of urea groups is 1. The fraction of sp³-hybridized carbons (Fsp3) is 0.235. The molecule has 1 atom stereocenters. The number of fused-ring (bicyclic) bond motifs is 1. The van der Waals surface area contributed by atoms with Crippen LogP contribution in [0.5, 0.6) is 0 Å². The number of alkyl halides is 1. The molecule has 0 aromatic heterocycles. The van der Waals surface area contributed by atoms with Crippen molar-refractivity contribution in [1.82, 2.24) is 4.90 Å². The van der Waals surface area contributed by atoms with E-state index in [9.17, 15) is 4.79 Å². The Kier molecular flexibility index (Phi) is 3.72. The van der Waals surface area contributed by atoms with Gasteiger partial charge in [-0.3, -0.25) is 0 Å². The first-order valence-corrected chi connectivity index (χ1v) is 7.82. The van der Waals surface area contributed by atoms with Gasteiger partial charge in [0.25, 0.3) is 0 Å². The summed E-state index contributed by atoms with van der Waals surface area (Å²) in [6.45, 7) is 2.73. The first kappa shape index (κ1) is 14.1. The summed E-state index contributed by atoms with van der Waals surface area (Å²) in [5.74, 6) is 0. The van der Waals surface area contributed by atoms with E-state index in [2.05, 4.69) is 64.6 Å². The summed E-state index contributed by atoms with van der Waals surface area (Å²) in [7, 11) is 1.80. The van der Waals surface area contributed by atoms with Crippen molar-refractivity contribution < 1.29 is 4.79 Å². The zero-order valence-corrected chi connectivity index (χ0v) is 13.6. The minimum absolute atomic E-state index is 0.0517. The van der Waals surface area contributed by atoms with Gasteiger partial charge in [-0.2, -0.15) is 0 Å². The molecule has 0 radical (unpaired) electrons. The second-order valence-electron chi connectivity index (χ2n) is 5.48. The van der Waals surface area contributed by atoms with E-state index in [1.54, 1.807) is 11.9 Å². The van der Waals surface area contributed by atoms with Gasteiger partial charge in [0.1, 0.15) is 0 Å². The summed E-state index contributed by atoms with van der Waals surface area (Å²) in [5.41, 5.74) is 5.74. The number of benzene rings is 2. The SMILES string of the molecule is Cc1ccc(C(Br)c2ccc3c(c2)CN(C)C(=O)N3)cc1. The predicted molar refractivity (Wildman–Crippen MR) is 88.9 cm³/mol. The van der Waals surface area contributed by atoms with Crippen molar-refractivity contribution in [3.8, 4) is 0 Å². The van der Waals surface area contributed by atoms with Gasteiger partial charge in [-0.15, -0.1) is 0 Å². The van der Waals surface area contributed by atoms with Crippen molar-refractivity contribution in [3.05, 3.63) is 64.7 Å². The molecule has 0 aliphatic carbocycles. The van der Waals surface area contributed by atoms with Crippen LogP contribution < -0.4 is 5.32 Å². The maximum atomic E-state index is 11.6. The van der Waals surface area contributed by atoms with Gasteiger partial charge >= 0.3 is 6.03 Å². The second kappa shape index (κ2) is 5.53. The Labute approximate surface area is 133 Å². The third-order valence-electron chi connectivity index (χ3n) is 3.79. The Bertz CT molecular complexity index is 682. The summed E-state index contributed by atoms with van der Waals surface area (Å²) in [5, 5.41) is 2.89. The van der Waals surface area contributed by atoms with Gasteiger partial charge in [0.15, 0.2) is 0 Å². The van der Waals surface area contributed by atoms with Crippen LogP contribution in [0, 0.1) is 6.92 Å². The molecule has 0 spiro atoms. The van der Waals surface area contributed by atoms with E-state index in [1.807, 2.05) is 6.07 Å². The van der Waals surface area contributed by atoms with E-state index in [0.29, 0.717) is 6.54 Å². The van der Waals surface area contributed by atoms with Gasteiger partial charge in [-0.25, -0.2) is 4.79 Å². The van der Waals surface area contributed by atoms with E-state index in [4.69, 9.17) is 0 Å². The fourth-order valence-corrected chi connectivity index (χ4v) is 3.08. The highest BCUT2D eigenvalue weighted by Crippen LogP contribution is 2.34. The number of nitrogens with one attached hydrogen (secondary N) is 1. The van der Waals surface area contributed by atoms with Crippen LogP contribution >= 0.6 is 15.9 Å². The number of rotatable bonds is 2. The van der Waals surface area contributed by atoms with Crippen LogP contribution in [0.15, 0.2) is 42.5 Å². The number of carbonyl (C=O) groups excluding carboxylic acids is 1. The standard InChI is InChI=1S/C17H17BrN2O/c1-11-3-5-12(6-4-11)16(18)13-7-8-15-14(9-13)10-20(2)17(21)19-15/h3-9,16H,10H2,1-2H3,(H,19,21). The molecule has 0 bridgehead atoms. The fourth-order valence-electron chi connectivity index (χ4n) is 2.49. The molecule has 0 saturated heterocycles. The summed E-state index contributed by atoms with van der Waals surface area (Å²) < 4.78 is 0. The molecule has 1 unspecified atom stereocenters. The molecular weight excluding hydrogens is 328 g/mol. The van der Waals surface area contributed by atoms with Gasteiger partial charge in [0.05, 0.1) is 4.83 Å². The summed E-state index contributed by atoms with van der Waals surface area (Å²) in [6, 6.07) is 14.7. The molecule has 0 fully saturated rings. The first-order chi connectivity index (χ1) is 10.0. The minimum atomic E-state index is -0.0517. The quantitative estimate of drug-likeness (QED) is 0.801. The lowest BCUT2D eigenvalue weighted by molar-refractivity contribution is 0.218. The van der Waals surface area contributed by atoms with Gasteiger partial charge in [0, 0.05) is 19.3 Å². The Morgan fingerprint density at radius 1 is 1.14 bits per heavy atom. The molecule has 3 nitrogen and oxygen atoms in total. The van der Waals surface area contributed by atoms with Crippen LogP contribution in [0.2, 0.25) is 0 Å². The van der Waals surface area contributed by atoms with E-state index < -0.39 is 0 Å². The molecule has 1 aliphatic rings. The number of anilines is 1. The molecule has 2 amide bonds. The highest BCUT2D eigenvalue weighted by molar-refractivity contribution is 9.09. The number of carbonyl (C=O) groups is 1. The number of hydrogen-bond donors (Lipinski definition) is 1. The van der Waals surface area contributed by atoms with Crippen LogP contribution in [-0.2, 0) is 6.54 Å². The van der Waals surface area contributed by atoms with E-state index in [1.165, 1.54) is 16.7 Å². The van der Waals surface area contributed by atoms with Crippen molar-refractivity contribution in [3.63, 3.8) is 0 Å². The van der Waals surface area contributed by atoms with Crippen molar-refractivity contribution in [2.75, 3.05) is 12.4 Å². The van der Waals surface area contributed by atoms with Crippen molar-refractivity contribution in [1.29, 1.82) is 0 Å². The third-order valence-corrected chi connectivity index (χ3v) is 4.85. The lowest BCUT2D eigenvalue weighted by atomic mass is 10.00. The van der Waals surface area contributed by atoms with E-state index in [0.717, 1.165) is 11.3 Å². The maximum absolute atomic E-state index is 11.6. The van der Waals surface area contributed by atoms with Gasteiger partial charge in [-0.1, -0.05) is 57.9 Å². The molecule has 1 N–H and O–H groups in total. The smallest absolute Gasteiger partial charge is 0.321 e. The molecule has 4 heteroatoms. The molecule has 1 aliphatic heterocycles. The monoisotopic (exact) mass is 344 g/mol. The molecule has 1 heterocycles. The Morgan fingerprint density at radius 2 is 1.81 bits per heavy atom. The Balaban J connectivity index is 1.91. The van der Waals surface area contributed by atoms with E-state index >= 15 is 0 Å². The Morgan fingerprint density at radius 3 is 2.52 bits per heavy atom. The first-order valence-electron chi connectivity index (χ1n) is 6.90. The van der Waals surface area contributed by atoms with Crippen LogP contribution in [0.1, 0.15) is 27.1 Å². The van der Waals surface area contributed by atoms with Crippen molar-refractivity contribution >= 4 is 27.6 Å². The maximum Gasteiger partial charge on any atom is 0.321 e. The van der Waals surface area contributed by atoms with Crippen LogP contribution in [-0.4, -0.2) is 18.0 Å². The van der Waals surface area contributed by atoms with Crippen LogP contribution in [0.4, 0.5) is 10.5 Å². The Hall–Kier alpha value is -1.81. The lowest BCUT2D eigenvalue weighted by Crippen LogP contribution is -2.35. The molecule has 2 aromatic carbocycles. The summed E-state index contributed by atoms with van der Waals surface area (Å²) >= 11 is 3.77. The van der Waals surface area contributed by atoms with Crippen molar-refractivity contribution in [2.45, 2.75) is 18.3 Å². The molecular formula is C17H17BrN2O. The molecule has 108 valence electrons. The predicted octanol–water partition coefficient (Wildman–Crippen LogP) is 4.46. The number of hydrogen-bond acceptors (Lipinski definition) is 1. The second-order valence-corrected chi connectivity index (χ2v) is 6.39. The zero-order chi connectivity index (χ0) is 15.0. The molecule has 21 heavy (non-hydrogen) atoms. The van der Waals surface area contributed by atoms with Crippen LogP contribution in [0.3, 0.4) is 0 Å². The number of halogens is 1. The number of aryl methyl sites for hydroxylation is 1. The van der Waals surface area contributed by atoms with Gasteiger partial charge in [0.2, 0.25) is 0 Å². The molecule has 2 aromatic rings. The molecule has 3 rings (SSSR count).